The third kappa shape index (κ3) is 5.10. The summed E-state index contributed by atoms with van der Waals surface area (Å²) in [6.07, 6.45) is 5.77. The first-order valence-electron chi connectivity index (χ1n) is 7.77. The lowest BCUT2D eigenvalue weighted by molar-refractivity contribution is -0.384. The van der Waals surface area contributed by atoms with Gasteiger partial charge in [-0.2, -0.15) is 0 Å². The normalized spacial score (nSPS) is 22.1. The minimum Gasteiger partial charge on any atom is -0.378 e. The van der Waals surface area contributed by atoms with E-state index in [0.717, 1.165) is 44.4 Å². The topological polar surface area (TPSA) is 64.4 Å². The van der Waals surface area contributed by atoms with Crippen molar-refractivity contribution in [3.05, 3.63) is 39.9 Å². The second kappa shape index (κ2) is 8.10. The van der Waals surface area contributed by atoms with Crippen LogP contribution in [0.3, 0.4) is 0 Å². The first kappa shape index (κ1) is 15.9. The van der Waals surface area contributed by atoms with E-state index in [9.17, 15) is 10.1 Å². The maximum absolute atomic E-state index is 10.6. The minimum atomic E-state index is -0.363. The molecule has 1 aromatic rings. The average Bonchev–Trinajstić information content (AvgIpc) is 2.48. The molecule has 0 aromatic heterocycles. The van der Waals surface area contributed by atoms with Crippen LogP contribution in [0.25, 0.3) is 0 Å². The smallest absolute Gasteiger partial charge is 0.269 e. The van der Waals surface area contributed by atoms with Gasteiger partial charge in [0.15, 0.2) is 0 Å². The van der Waals surface area contributed by atoms with Crippen LogP contribution < -0.4 is 5.32 Å². The van der Waals surface area contributed by atoms with E-state index in [4.69, 9.17) is 4.74 Å². The van der Waals surface area contributed by atoms with E-state index in [-0.39, 0.29) is 10.6 Å². The van der Waals surface area contributed by atoms with Crippen LogP contribution in [0.1, 0.15) is 38.2 Å². The Morgan fingerprint density at radius 3 is 2.81 bits per heavy atom. The quantitative estimate of drug-likeness (QED) is 0.619. The summed E-state index contributed by atoms with van der Waals surface area (Å²) >= 11 is 0. The van der Waals surface area contributed by atoms with E-state index >= 15 is 0 Å². The molecule has 1 fully saturated rings. The molecule has 0 aliphatic carbocycles. The van der Waals surface area contributed by atoms with Crippen molar-refractivity contribution in [1.82, 2.24) is 5.32 Å². The largest absolute Gasteiger partial charge is 0.378 e. The van der Waals surface area contributed by atoms with Crippen molar-refractivity contribution in [3.63, 3.8) is 0 Å². The molecule has 0 saturated carbocycles. The number of non-ortho nitro benzene ring substituents is 1. The molecule has 2 atom stereocenters. The Hall–Kier alpha value is -1.46. The van der Waals surface area contributed by atoms with E-state index < -0.39 is 0 Å². The predicted octanol–water partition coefficient (Wildman–Crippen LogP) is 3.07. The molecule has 1 saturated heterocycles. The summed E-state index contributed by atoms with van der Waals surface area (Å²) < 4.78 is 5.74. The molecule has 21 heavy (non-hydrogen) atoms. The highest BCUT2D eigenvalue weighted by molar-refractivity contribution is 5.32. The highest BCUT2D eigenvalue weighted by Gasteiger charge is 2.21. The summed E-state index contributed by atoms with van der Waals surface area (Å²) in [5.41, 5.74) is 1.28. The van der Waals surface area contributed by atoms with E-state index in [0.29, 0.717) is 12.1 Å². The van der Waals surface area contributed by atoms with Gasteiger partial charge in [-0.3, -0.25) is 10.1 Å². The van der Waals surface area contributed by atoms with Gasteiger partial charge in [0.2, 0.25) is 0 Å². The van der Waals surface area contributed by atoms with Crippen molar-refractivity contribution in [1.29, 1.82) is 0 Å². The highest BCUT2D eigenvalue weighted by Crippen LogP contribution is 2.18. The number of nitrogens with zero attached hydrogens (tertiary/aromatic N) is 1. The van der Waals surface area contributed by atoms with Gasteiger partial charge < -0.3 is 10.1 Å². The Morgan fingerprint density at radius 2 is 2.14 bits per heavy atom. The van der Waals surface area contributed by atoms with Crippen molar-refractivity contribution in [2.45, 2.75) is 51.2 Å². The number of hydrogen-bond donors (Lipinski definition) is 1. The number of nitrogens with one attached hydrogen (secondary N) is 1. The molecule has 116 valence electrons. The van der Waals surface area contributed by atoms with Crippen LogP contribution in [0.5, 0.6) is 0 Å². The van der Waals surface area contributed by atoms with Crippen LogP contribution in [-0.4, -0.2) is 30.2 Å². The summed E-state index contributed by atoms with van der Waals surface area (Å²) in [5, 5.41) is 14.2. The van der Waals surface area contributed by atoms with Gasteiger partial charge in [-0.25, -0.2) is 0 Å². The molecule has 0 amide bonds. The van der Waals surface area contributed by atoms with E-state index in [1.807, 2.05) is 12.1 Å². The fourth-order valence-electron chi connectivity index (χ4n) is 2.79. The molecule has 1 N–H and O–H groups in total. The van der Waals surface area contributed by atoms with Gasteiger partial charge in [0.1, 0.15) is 0 Å². The average molecular weight is 292 g/mol. The molecule has 0 spiro atoms. The second-order valence-corrected chi connectivity index (χ2v) is 5.63. The van der Waals surface area contributed by atoms with Crippen molar-refractivity contribution in [3.8, 4) is 0 Å². The molecule has 1 aromatic carbocycles. The lowest BCUT2D eigenvalue weighted by atomic mass is 10.00. The number of benzene rings is 1. The van der Waals surface area contributed by atoms with Gasteiger partial charge in [0.25, 0.3) is 5.69 Å². The zero-order valence-corrected chi connectivity index (χ0v) is 12.6. The molecule has 5 nitrogen and oxygen atoms in total. The van der Waals surface area contributed by atoms with Crippen LogP contribution in [0, 0.1) is 10.1 Å². The fourth-order valence-corrected chi connectivity index (χ4v) is 2.79. The maximum atomic E-state index is 10.6. The summed E-state index contributed by atoms with van der Waals surface area (Å²) in [4.78, 5) is 10.2. The number of rotatable bonds is 7. The van der Waals surface area contributed by atoms with Crippen LogP contribution in [0.2, 0.25) is 0 Å². The molecule has 1 heterocycles. The summed E-state index contributed by atoms with van der Waals surface area (Å²) in [6.45, 7) is 3.94. The van der Waals surface area contributed by atoms with Crippen LogP contribution >= 0.6 is 0 Å². The third-order valence-electron chi connectivity index (χ3n) is 3.97. The van der Waals surface area contributed by atoms with Crippen molar-refractivity contribution < 1.29 is 9.66 Å². The van der Waals surface area contributed by atoms with Gasteiger partial charge >= 0.3 is 0 Å². The number of ether oxygens (including phenoxy) is 1. The molecule has 5 heteroatoms. The highest BCUT2D eigenvalue weighted by atomic mass is 16.6. The summed E-state index contributed by atoms with van der Waals surface area (Å²) in [5.74, 6) is 0. The summed E-state index contributed by atoms with van der Waals surface area (Å²) in [7, 11) is 0. The van der Waals surface area contributed by atoms with Crippen LogP contribution in [0.15, 0.2) is 24.3 Å². The van der Waals surface area contributed by atoms with Gasteiger partial charge in [-0.15, -0.1) is 0 Å². The van der Waals surface area contributed by atoms with Gasteiger partial charge in [-0.1, -0.05) is 25.5 Å². The Bertz CT molecular complexity index is 445. The Labute approximate surface area is 125 Å². The van der Waals surface area contributed by atoms with Crippen LogP contribution in [0.4, 0.5) is 5.69 Å². The van der Waals surface area contributed by atoms with Crippen LogP contribution in [-0.2, 0) is 11.2 Å². The zero-order chi connectivity index (χ0) is 15.1. The number of hydrogen-bond acceptors (Lipinski definition) is 4. The molecule has 2 unspecified atom stereocenters. The van der Waals surface area contributed by atoms with Gasteiger partial charge in [0.05, 0.1) is 11.0 Å². The predicted molar refractivity (Wildman–Crippen MR) is 82.5 cm³/mol. The molecule has 0 bridgehead atoms. The minimum absolute atomic E-state index is 0.151. The SMILES string of the molecule is CCCC1CC(NCCc2ccc([N+](=O)[O-])cc2)CCO1. The first-order valence-corrected chi connectivity index (χ1v) is 7.77. The van der Waals surface area contributed by atoms with E-state index in [1.54, 1.807) is 12.1 Å². The lowest BCUT2D eigenvalue weighted by Crippen LogP contribution is -2.39. The second-order valence-electron chi connectivity index (χ2n) is 5.63. The fraction of sp³-hybridized carbons (Fsp3) is 0.625. The maximum Gasteiger partial charge on any atom is 0.269 e. The monoisotopic (exact) mass is 292 g/mol. The van der Waals surface area contributed by atoms with E-state index in [1.165, 1.54) is 6.42 Å². The Morgan fingerprint density at radius 1 is 1.38 bits per heavy atom. The standard InChI is InChI=1S/C16H24N2O3/c1-2-3-16-12-14(9-11-21-16)17-10-8-13-4-6-15(7-5-13)18(19)20/h4-7,14,16-17H,2-3,8-12H2,1H3. The third-order valence-corrected chi connectivity index (χ3v) is 3.97. The van der Waals surface area contributed by atoms with Gasteiger partial charge in [-0.05, 0) is 37.8 Å². The van der Waals surface area contributed by atoms with E-state index in [2.05, 4.69) is 12.2 Å². The molecule has 1 aliphatic heterocycles. The molecular weight excluding hydrogens is 268 g/mol. The molecular formula is C16H24N2O3. The molecule has 1 aliphatic rings. The number of nitro groups is 1. The lowest BCUT2D eigenvalue weighted by Gasteiger charge is -2.30. The Kier molecular flexibility index (Phi) is 6.14. The zero-order valence-electron chi connectivity index (χ0n) is 12.6. The van der Waals surface area contributed by atoms with Crippen molar-refractivity contribution in [2.75, 3.05) is 13.2 Å². The van der Waals surface area contributed by atoms with Gasteiger partial charge in [0, 0.05) is 24.8 Å². The first-order chi connectivity index (χ1) is 10.2. The Balaban J connectivity index is 1.72. The summed E-state index contributed by atoms with van der Waals surface area (Å²) in [6, 6.07) is 7.35. The number of nitro benzene ring substituents is 1. The van der Waals surface area contributed by atoms with Crippen molar-refractivity contribution in [2.24, 2.45) is 0 Å². The molecule has 2 rings (SSSR count). The molecule has 0 radical (unpaired) electrons. The van der Waals surface area contributed by atoms with Crippen molar-refractivity contribution >= 4 is 5.69 Å².